The molecule has 1 aromatic carbocycles. The summed E-state index contributed by atoms with van der Waals surface area (Å²) < 4.78 is 5.16. The van der Waals surface area contributed by atoms with Gasteiger partial charge in [0.15, 0.2) is 0 Å². The van der Waals surface area contributed by atoms with Gasteiger partial charge in [0.2, 0.25) is 0 Å². The summed E-state index contributed by atoms with van der Waals surface area (Å²) in [6, 6.07) is 6.87. The van der Waals surface area contributed by atoms with Crippen LogP contribution in [0.4, 0.5) is 0 Å². The summed E-state index contributed by atoms with van der Waals surface area (Å²) in [6.45, 7) is 3.12. The molecule has 4 heteroatoms. The molecule has 2 heterocycles. The van der Waals surface area contributed by atoms with Crippen molar-refractivity contribution in [2.45, 2.75) is 50.7 Å². The summed E-state index contributed by atoms with van der Waals surface area (Å²) in [5.41, 5.74) is 1.00. The highest BCUT2D eigenvalue weighted by Gasteiger charge is 2.31. The lowest BCUT2D eigenvalue weighted by atomic mass is 9.94. The SMILES string of the molecule is COc1ccc(CN2CCCCC2C2CCCN2)c(O)c1. The van der Waals surface area contributed by atoms with E-state index in [-0.39, 0.29) is 0 Å². The van der Waals surface area contributed by atoms with Crippen LogP contribution >= 0.6 is 0 Å². The van der Waals surface area contributed by atoms with E-state index in [1.54, 1.807) is 13.2 Å². The van der Waals surface area contributed by atoms with Crippen LogP contribution in [0.25, 0.3) is 0 Å². The molecule has 2 aliphatic heterocycles. The van der Waals surface area contributed by atoms with Gasteiger partial charge >= 0.3 is 0 Å². The third kappa shape index (κ3) is 3.33. The average Bonchev–Trinajstić information content (AvgIpc) is 3.04. The van der Waals surface area contributed by atoms with E-state index in [2.05, 4.69) is 10.2 Å². The predicted molar refractivity (Wildman–Crippen MR) is 83.7 cm³/mol. The van der Waals surface area contributed by atoms with Gasteiger partial charge in [0.25, 0.3) is 0 Å². The van der Waals surface area contributed by atoms with Gasteiger partial charge in [-0.2, -0.15) is 0 Å². The normalized spacial score (nSPS) is 26.9. The second kappa shape index (κ2) is 6.67. The lowest BCUT2D eigenvalue weighted by Crippen LogP contribution is -2.49. The summed E-state index contributed by atoms with van der Waals surface area (Å²) in [5, 5.41) is 13.8. The maximum atomic E-state index is 10.2. The number of hydrogen-bond acceptors (Lipinski definition) is 4. The molecule has 2 saturated heterocycles. The molecule has 2 atom stereocenters. The Hall–Kier alpha value is -1.26. The zero-order valence-electron chi connectivity index (χ0n) is 12.8. The number of methoxy groups -OCH3 is 1. The van der Waals surface area contributed by atoms with Crippen molar-refractivity contribution in [3.8, 4) is 11.5 Å². The second-order valence-corrected chi connectivity index (χ2v) is 6.23. The van der Waals surface area contributed by atoms with Gasteiger partial charge in [-0.15, -0.1) is 0 Å². The molecule has 0 bridgehead atoms. The Morgan fingerprint density at radius 2 is 2.19 bits per heavy atom. The fourth-order valence-electron chi connectivity index (χ4n) is 3.73. The van der Waals surface area contributed by atoms with Crippen molar-refractivity contribution < 1.29 is 9.84 Å². The molecule has 1 aromatic rings. The van der Waals surface area contributed by atoms with Gasteiger partial charge in [-0.3, -0.25) is 4.90 Å². The Kier molecular flexibility index (Phi) is 4.66. The maximum absolute atomic E-state index is 10.2. The van der Waals surface area contributed by atoms with Crippen LogP contribution in [0.2, 0.25) is 0 Å². The van der Waals surface area contributed by atoms with E-state index in [9.17, 15) is 5.11 Å². The molecular weight excluding hydrogens is 264 g/mol. The number of hydrogen-bond donors (Lipinski definition) is 2. The van der Waals surface area contributed by atoms with Crippen molar-refractivity contribution in [3.63, 3.8) is 0 Å². The summed E-state index contributed by atoms with van der Waals surface area (Å²) >= 11 is 0. The van der Waals surface area contributed by atoms with Crippen molar-refractivity contribution in [3.05, 3.63) is 23.8 Å². The maximum Gasteiger partial charge on any atom is 0.123 e. The lowest BCUT2D eigenvalue weighted by molar-refractivity contribution is 0.111. The first-order valence-corrected chi connectivity index (χ1v) is 8.11. The van der Waals surface area contributed by atoms with E-state index in [0.717, 1.165) is 25.2 Å². The van der Waals surface area contributed by atoms with E-state index >= 15 is 0 Å². The first kappa shape index (κ1) is 14.7. The first-order chi connectivity index (χ1) is 10.3. The van der Waals surface area contributed by atoms with Gasteiger partial charge in [-0.05, 0) is 44.8 Å². The third-order valence-corrected chi connectivity index (χ3v) is 4.89. The van der Waals surface area contributed by atoms with Crippen LogP contribution in [-0.4, -0.2) is 42.3 Å². The van der Waals surface area contributed by atoms with E-state index in [1.807, 2.05) is 12.1 Å². The Balaban J connectivity index is 1.71. The van der Waals surface area contributed by atoms with Crippen molar-refractivity contribution >= 4 is 0 Å². The van der Waals surface area contributed by atoms with Crippen LogP contribution in [-0.2, 0) is 6.54 Å². The van der Waals surface area contributed by atoms with Gasteiger partial charge in [-0.25, -0.2) is 0 Å². The highest BCUT2D eigenvalue weighted by atomic mass is 16.5. The summed E-state index contributed by atoms with van der Waals surface area (Å²) in [7, 11) is 1.63. The van der Waals surface area contributed by atoms with Crippen molar-refractivity contribution in [2.24, 2.45) is 0 Å². The Labute approximate surface area is 127 Å². The number of nitrogens with one attached hydrogen (secondary N) is 1. The first-order valence-electron chi connectivity index (χ1n) is 8.11. The van der Waals surface area contributed by atoms with E-state index in [1.165, 1.54) is 32.1 Å². The Morgan fingerprint density at radius 1 is 1.29 bits per heavy atom. The van der Waals surface area contributed by atoms with Gasteiger partial charge in [0, 0.05) is 30.3 Å². The number of likely N-dealkylation sites (tertiary alicyclic amines) is 1. The molecule has 0 aromatic heterocycles. The molecule has 2 unspecified atom stereocenters. The van der Waals surface area contributed by atoms with E-state index < -0.39 is 0 Å². The number of phenols is 1. The molecule has 116 valence electrons. The molecule has 21 heavy (non-hydrogen) atoms. The minimum Gasteiger partial charge on any atom is -0.507 e. The fourth-order valence-corrected chi connectivity index (χ4v) is 3.73. The van der Waals surface area contributed by atoms with Gasteiger partial charge in [0.05, 0.1) is 7.11 Å². The highest BCUT2D eigenvalue weighted by Crippen LogP contribution is 2.29. The zero-order valence-corrected chi connectivity index (χ0v) is 12.8. The molecule has 0 aliphatic carbocycles. The number of ether oxygens (including phenoxy) is 1. The van der Waals surface area contributed by atoms with Crippen LogP contribution in [0.3, 0.4) is 0 Å². The largest absolute Gasteiger partial charge is 0.507 e. The molecule has 0 spiro atoms. The molecule has 2 aliphatic rings. The van der Waals surface area contributed by atoms with Crippen LogP contribution in [0.1, 0.15) is 37.7 Å². The molecule has 2 fully saturated rings. The van der Waals surface area contributed by atoms with Gasteiger partial charge in [0.1, 0.15) is 11.5 Å². The monoisotopic (exact) mass is 290 g/mol. The summed E-state index contributed by atoms with van der Waals surface area (Å²) in [6.07, 6.45) is 6.45. The molecule has 4 nitrogen and oxygen atoms in total. The smallest absolute Gasteiger partial charge is 0.123 e. The standard InChI is InChI=1S/C17H26N2O2/c1-21-14-8-7-13(17(20)11-14)12-19-10-3-2-6-16(19)15-5-4-9-18-15/h7-8,11,15-16,18,20H,2-6,9-10,12H2,1H3. The molecule has 0 saturated carbocycles. The molecule has 0 radical (unpaired) electrons. The second-order valence-electron chi connectivity index (χ2n) is 6.23. The Morgan fingerprint density at radius 3 is 2.90 bits per heavy atom. The highest BCUT2D eigenvalue weighted by molar-refractivity contribution is 5.39. The minimum absolute atomic E-state index is 0.345. The number of nitrogens with zero attached hydrogens (tertiary/aromatic N) is 1. The molecular formula is C17H26N2O2. The average molecular weight is 290 g/mol. The van der Waals surface area contributed by atoms with Crippen molar-refractivity contribution in [1.29, 1.82) is 0 Å². The molecule has 2 N–H and O–H groups in total. The van der Waals surface area contributed by atoms with Crippen LogP contribution < -0.4 is 10.1 Å². The molecule has 3 rings (SSSR count). The quantitative estimate of drug-likeness (QED) is 0.894. The van der Waals surface area contributed by atoms with Crippen LogP contribution in [0, 0.1) is 0 Å². The zero-order chi connectivity index (χ0) is 14.7. The van der Waals surface area contributed by atoms with Gasteiger partial charge in [-0.1, -0.05) is 12.5 Å². The fraction of sp³-hybridized carbons (Fsp3) is 0.647. The summed E-state index contributed by atoms with van der Waals surface area (Å²) in [5.74, 6) is 1.06. The van der Waals surface area contributed by atoms with Gasteiger partial charge < -0.3 is 15.2 Å². The number of aromatic hydroxyl groups is 1. The number of benzene rings is 1. The Bertz CT molecular complexity index is 472. The van der Waals surface area contributed by atoms with E-state index in [4.69, 9.17) is 4.74 Å². The van der Waals surface area contributed by atoms with Crippen molar-refractivity contribution in [1.82, 2.24) is 10.2 Å². The van der Waals surface area contributed by atoms with Crippen LogP contribution in [0.15, 0.2) is 18.2 Å². The number of phenolic OH excluding ortho intramolecular Hbond substituents is 1. The molecule has 0 amide bonds. The van der Waals surface area contributed by atoms with Crippen molar-refractivity contribution in [2.75, 3.05) is 20.2 Å². The predicted octanol–water partition coefficient (Wildman–Crippen LogP) is 2.51. The lowest BCUT2D eigenvalue weighted by Gasteiger charge is -2.39. The third-order valence-electron chi connectivity index (χ3n) is 4.89. The number of piperidine rings is 1. The summed E-state index contributed by atoms with van der Waals surface area (Å²) in [4.78, 5) is 2.55. The minimum atomic E-state index is 0.345. The van der Waals surface area contributed by atoms with Crippen LogP contribution in [0.5, 0.6) is 11.5 Å². The number of rotatable bonds is 4. The topological polar surface area (TPSA) is 44.7 Å². The van der Waals surface area contributed by atoms with E-state index in [0.29, 0.717) is 23.6 Å².